The molecule has 0 aliphatic rings. The first-order valence-electron chi connectivity index (χ1n) is 6.08. The highest BCUT2D eigenvalue weighted by molar-refractivity contribution is 9.10. The Morgan fingerprint density at radius 3 is 2.39 bits per heavy atom. The third-order valence-electron chi connectivity index (χ3n) is 3.00. The quantitative estimate of drug-likeness (QED) is 0.642. The van der Waals surface area contributed by atoms with Gasteiger partial charge in [-0.2, -0.15) is 0 Å². The van der Waals surface area contributed by atoms with E-state index in [4.69, 9.17) is 10.5 Å². The fraction of sp³-hybridized carbons (Fsp3) is 0.143. The molecule has 1 aromatic carbocycles. The van der Waals surface area contributed by atoms with Crippen molar-refractivity contribution < 1.29 is 27.4 Å². The zero-order chi connectivity index (χ0) is 17.3. The number of nitrogens with two attached hydrogens (primary N) is 1. The van der Waals surface area contributed by atoms with Crippen LogP contribution in [0.2, 0.25) is 0 Å². The van der Waals surface area contributed by atoms with Crippen molar-refractivity contribution in [3.05, 3.63) is 39.8 Å². The van der Waals surface area contributed by atoms with Crippen LogP contribution in [-0.4, -0.2) is 25.2 Å². The highest BCUT2D eigenvalue weighted by atomic mass is 79.9. The Morgan fingerprint density at radius 2 is 1.83 bits per heavy atom. The minimum absolute atomic E-state index is 0.145. The first-order valence-corrected chi connectivity index (χ1v) is 6.87. The number of hydrogen-bond donors (Lipinski definition) is 1. The summed E-state index contributed by atoms with van der Waals surface area (Å²) in [6.07, 6.45) is 0. The fourth-order valence-corrected chi connectivity index (χ4v) is 2.20. The first-order chi connectivity index (χ1) is 10.8. The lowest BCUT2D eigenvalue weighted by molar-refractivity contribution is 0.0590. The molecule has 1 heterocycles. The van der Waals surface area contributed by atoms with E-state index >= 15 is 0 Å². The molecule has 23 heavy (non-hydrogen) atoms. The molecule has 1 aromatic heterocycles. The largest absolute Gasteiger partial charge is 0.492 e. The van der Waals surface area contributed by atoms with Gasteiger partial charge in [-0.15, -0.1) is 0 Å². The average Bonchev–Trinajstić information content (AvgIpc) is 2.55. The van der Waals surface area contributed by atoms with Crippen LogP contribution in [0.25, 0.3) is 11.3 Å². The summed E-state index contributed by atoms with van der Waals surface area (Å²) >= 11 is 2.81. The summed E-state index contributed by atoms with van der Waals surface area (Å²) in [6.45, 7) is 0. The topological polar surface area (TPSA) is 74.4 Å². The molecule has 0 spiro atoms. The van der Waals surface area contributed by atoms with Crippen molar-refractivity contribution in [2.75, 3.05) is 20.0 Å². The lowest BCUT2D eigenvalue weighted by atomic mass is 10.1. The zero-order valence-corrected chi connectivity index (χ0v) is 13.5. The van der Waals surface area contributed by atoms with Gasteiger partial charge in [-0.3, -0.25) is 0 Å². The molecule has 2 aromatic rings. The molecule has 0 fully saturated rings. The minimum Gasteiger partial charge on any atom is -0.492 e. The third-order valence-corrected chi connectivity index (χ3v) is 3.61. The van der Waals surface area contributed by atoms with Gasteiger partial charge in [-0.25, -0.2) is 22.9 Å². The molecule has 0 saturated heterocycles. The van der Waals surface area contributed by atoms with E-state index in [-0.39, 0.29) is 10.2 Å². The molecule has 5 nitrogen and oxygen atoms in total. The molecule has 0 bridgehead atoms. The molecule has 0 aliphatic carbocycles. The second-order valence-corrected chi connectivity index (χ2v) is 5.14. The van der Waals surface area contributed by atoms with Crippen LogP contribution in [0.4, 0.5) is 18.9 Å². The van der Waals surface area contributed by atoms with Crippen LogP contribution in [0.15, 0.2) is 16.6 Å². The molecular formula is C14H10BrF3N2O3. The molecule has 0 unspecified atom stereocenters. The van der Waals surface area contributed by atoms with Crippen molar-refractivity contribution in [2.24, 2.45) is 0 Å². The Hall–Kier alpha value is -2.29. The van der Waals surface area contributed by atoms with E-state index in [1.165, 1.54) is 6.07 Å². The van der Waals surface area contributed by atoms with Crippen LogP contribution in [0.1, 0.15) is 10.5 Å². The van der Waals surface area contributed by atoms with Gasteiger partial charge in [-0.1, -0.05) is 0 Å². The number of esters is 1. The van der Waals surface area contributed by atoms with E-state index in [1.54, 1.807) is 0 Å². The number of carbonyl (C=O) groups is 1. The molecule has 122 valence electrons. The Kier molecular flexibility index (Phi) is 4.79. The fourth-order valence-electron chi connectivity index (χ4n) is 1.90. The van der Waals surface area contributed by atoms with Crippen LogP contribution in [-0.2, 0) is 4.74 Å². The molecule has 2 rings (SSSR count). The van der Waals surface area contributed by atoms with Gasteiger partial charge >= 0.3 is 5.97 Å². The van der Waals surface area contributed by atoms with Gasteiger partial charge in [0, 0.05) is 5.56 Å². The maximum atomic E-state index is 14.4. The molecule has 0 amide bonds. The number of nitrogen functional groups attached to an aromatic ring is 1. The number of methoxy groups -OCH3 is 2. The van der Waals surface area contributed by atoms with Crippen molar-refractivity contribution in [1.82, 2.24) is 4.98 Å². The lowest BCUT2D eigenvalue weighted by Crippen LogP contribution is -2.12. The molecule has 0 saturated carbocycles. The summed E-state index contributed by atoms with van der Waals surface area (Å²) in [7, 11) is 2.22. The van der Waals surface area contributed by atoms with E-state index in [0.29, 0.717) is 0 Å². The lowest BCUT2D eigenvalue weighted by Gasteiger charge is -2.13. The maximum absolute atomic E-state index is 14.4. The number of anilines is 1. The van der Waals surface area contributed by atoms with Crippen molar-refractivity contribution >= 4 is 27.6 Å². The van der Waals surface area contributed by atoms with Crippen LogP contribution in [0.5, 0.6) is 5.75 Å². The number of aromatic nitrogens is 1. The van der Waals surface area contributed by atoms with Gasteiger partial charge in [0.05, 0.1) is 18.7 Å². The number of halogens is 4. The van der Waals surface area contributed by atoms with Crippen LogP contribution < -0.4 is 10.5 Å². The first kappa shape index (κ1) is 17.1. The summed E-state index contributed by atoms with van der Waals surface area (Å²) in [5, 5.41) is 0. The van der Waals surface area contributed by atoms with Gasteiger partial charge in [0.15, 0.2) is 28.9 Å². The number of rotatable bonds is 3. The van der Waals surface area contributed by atoms with Crippen molar-refractivity contribution in [1.29, 1.82) is 0 Å². The highest BCUT2D eigenvalue weighted by Gasteiger charge is 2.27. The maximum Gasteiger partial charge on any atom is 0.360 e. The van der Waals surface area contributed by atoms with Crippen LogP contribution in [0, 0.1) is 17.5 Å². The molecule has 9 heteroatoms. The van der Waals surface area contributed by atoms with Gasteiger partial charge in [-0.05, 0) is 28.1 Å². The summed E-state index contributed by atoms with van der Waals surface area (Å²) in [4.78, 5) is 15.4. The number of carbonyl (C=O) groups excluding carboxylic acids is 1. The predicted octanol–water partition coefficient (Wildman–Crippen LogP) is 3.31. The summed E-state index contributed by atoms with van der Waals surface area (Å²) < 4.78 is 51.3. The van der Waals surface area contributed by atoms with E-state index in [2.05, 4.69) is 25.7 Å². The van der Waals surface area contributed by atoms with E-state index < -0.39 is 46.1 Å². The predicted molar refractivity (Wildman–Crippen MR) is 79.6 cm³/mol. The highest BCUT2D eigenvalue weighted by Crippen LogP contribution is 2.36. The Balaban J connectivity index is 2.81. The Labute approximate surface area is 137 Å². The number of ether oxygens (including phenoxy) is 2. The normalized spacial score (nSPS) is 10.5. The molecule has 0 radical (unpaired) electrons. The van der Waals surface area contributed by atoms with Crippen LogP contribution >= 0.6 is 15.9 Å². The molecule has 2 N–H and O–H groups in total. The van der Waals surface area contributed by atoms with Gasteiger partial charge < -0.3 is 15.2 Å². The molecule has 0 aliphatic heterocycles. The monoisotopic (exact) mass is 390 g/mol. The standard InChI is InChI=1S/C14H10BrF3N2O3/c1-22-13-10(19)9(18)11(20-12(13)14(21)23-2)5-3-4-6(15)8(17)7(5)16/h3-4H,1-2H3,(H2,19,20). The van der Waals surface area contributed by atoms with E-state index in [9.17, 15) is 18.0 Å². The van der Waals surface area contributed by atoms with E-state index in [1.807, 2.05) is 0 Å². The van der Waals surface area contributed by atoms with E-state index in [0.717, 1.165) is 20.3 Å². The van der Waals surface area contributed by atoms with Crippen LogP contribution in [0.3, 0.4) is 0 Å². The second-order valence-electron chi connectivity index (χ2n) is 4.28. The number of nitrogens with zero attached hydrogens (tertiary/aromatic N) is 1. The minimum atomic E-state index is -1.34. The van der Waals surface area contributed by atoms with Crippen molar-refractivity contribution in [3.8, 4) is 17.0 Å². The van der Waals surface area contributed by atoms with Gasteiger partial charge in [0.25, 0.3) is 0 Å². The third kappa shape index (κ3) is 2.83. The zero-order valence-electron chi connectivity index (χ0n) is 11.9. The SMILES string of the molecule is COC(=O)c1nc(-c2ccc(Br)c(F)c2F)c(F)c(N)c1OC. The Bertz CT molecular complexity index is 800. The molecule has 0 atom stereocenters. The van der Waals surface area contributed by atoms with Crippen molar-refractivity contribution in [2.45, 2.75) is 0 Å². The number of hydrogen-bond acceptors (Lipinski definition) is 5. The summed E-state index contributed by atoms with van der Waals surface area (Å²) in [6, 6.07) is 2.27. The van der Waals surface area contributed by atoms with Gasteiger partial charge in [0.1, 0.15) is 11.4 Å². The second kappa shape index (κ2) is 6.45. The Morgan fingerprint density at radius 1 is 1.17 bits per heavy atom. The summed E-state index contributed by atoms with van der Waals surface area (Å²) in [5.74, 6) is -5.03. The number of benzene rings is 1. The summed E-state index contributed by atoms with van der Waals surface area (Å²) in [5.41, 5.74) is 3.42. The van der Waals surface area contributed by atoms with Crippen molar-refractivity contribution in [3.63, 3.8) is 0 Å². The average molecular weight is 391 g/mol. The smallest absolute Gasteiger partial charge is 0.360 e. The number of pyridine rings is 1. The van der Waals surface area contributed by atoms with Gasteiger partial charge in [0.2, 0.25) is 0 Å². The molecular weight excluding hydrogens is 381 g/mol.